The summed E-state index contributed by atoms with van der Waals surface area (Å²) >= 11 is 0. The van der Waals surface area contributed by atoms with Gasteiger partial charge in [-0.1, -0.05) is 6.92 Å². The number of rotatable bonds is 3. The molecule has 0 aromatic carbocycles. The van der Waals surface area contributed by atoms with Crippen molar-refractivity contribution in [3.63, 3.8) is 0 Å². The Kier molecular flexibility index (Phi) is 2.32. The fourth-order valence-electron chi connectivity index (χ4n) is 0.838. The molecule has 0 fully saturated rings. The van der Waals surface area contributed by atoms with Crippen LogP contribution in [0.3, 0.4) is 0 Å². The fraction of sp³-hybridized carbons (Fsp3) is 0.429. The summed E-state index contributed by atoms with van der Waals surface area (Å²) in [5.74, 6) is -1.27. The van der Waals surface area contributed by atoms with E-state index in [4.69, 9.17) is 10.8 Å². The molecule has 1 aromatic rings. The van der Waals surface area contributed by atoms with Crippen molar-refractivity contribution >= 4 is 11.7 Å². The van der Waals surface area contributed by atoms with Crippen molar-refractivity contribution in [3.05, 3.63) is 12.4 Å². The molecule has 0 aliphatic carbocycles. The van der Waals surface area contributed by atoms with Gasteiger partial charge in [0, 0.05) is 6.20 Å². The summed E-state index contributed by atoms with van der Waals surface area (Å²) in [5.41, 5.74) is 5.95. The second kappa shape index (κ2) is 3.25. The number of nitrogens with zero attached hydrogens (tertiary/aromatic N) is 2. The SMILES string of the molecule is CC(Cn1cc(N)cn1)C(=O)O. The maximum atomic E-state index is 10.4. The summed E-state index contributed by atoms with van der Waals surface area (Å²) < 4.78 is 1.52. The number of nitrogens with two attached hydrogens (primary N) is 1. The van der Waals surface area contributed by atoms with Crippen LogP contribution in [-0.4, -0.2) is 20.9 Å². The normalized spacial score (nSPS) is 12.8. The van der Waals surface area contributed by atoms with Gasteiger partial charge in [0.25, 0.3) is 0 Å². The maximum absolute atomic E-state index is 10.4. The van der Waals surface area contributed by atoms with E-state index in [2.05, 4.69) is 5.10 Å². The van der Waals surface area contributed by atoms with Crippen molar-refractivity contribution in [2.75, 3.05) is 5.73 Å². The lowest BCUT2D eigenvalue weighted by molar-refractivity contribution is -0.141. The van der Waals surface area contributed by atoms with Gasteiger partial charge in [-0.2, -0.15) is 5.10 Å². The molecule has 0 aliphatic rings. The van der Waals surface area contributed by atoms with Gasteiger partial charge in [-0.05, 0) is 0 Å². The lowest BCUT2D eigenvalue weighted by atomic mass is 10.2. The molecule has 3 N–H and O–H groups in total. The van der Waals surface area contributed by atoms with Gasteiger partial charge in [-0.25, -0.2) is 0 Å². The third-order valence-electron chi connectivity index (χ3n) is 1.54. The number of carbonyl (C=O) groups is 1. The average molecular weight is 169 g/mol. The molecule has 0 bridgehead atoms. The zero-order valence-electron chi connectivity index (χ0n) is 6.77. The van der Waals surface area contributed by atoms with E-state index in [0.29, 0.717) is 12.2 Å². The molecule has 0 spiro atoms. The summed E-state index contributed by atoms with van der Waals surface area (Å²) in [4.78, 5) is 10.4. The van der Waals surface area contributed by atoms with Gasteiger partial charge in [0.2, 0.25) is 0 Å². The number of anilines is 1. The van der Waals surface area contributed by atoms with E-state index in [1.165, 1.54) is 10.9 Å². The van der Waals surface area contributed by atoms with Gasteiger partial charge in [0.15, 0.2) is 0 Å². The van der Waals surface area contributed by atoms with E-state index in [0.717, 1.165) is 0 Å². The van der Waals surface area contributed by atoms with Gasteiger partial charge in [0.1, 0.15) is 0 Å². The molecule has 0 radical (unpaired) electrons. The summed E-state index contributed by atoms with van der Waals surface area (Å²) in [5, 5.41) is 12.4. The minimum atomic E-state index is -0.830. The first kappa shape index (κ1) is 8.58. The molecule has 66 valence electrons. The van der Waals surface area contributed by atoms with Crippen LogP contribution >= 0.6 is 0 Å². The van der Waals surface area contributed by atoms with Gasteiger partial charge in [-0.15, -0.1) is 0 Å². The molecule has 0 saturated carbocycles. The Morgan fingerprint density at radius 1 is 1.92 bits per heavy atom. The third-order valence-corrected chi connectivity index (χ3v) is 1.54. The molecule has 5 heteroatoms. The average Bonchev–Trinajstić information content (AvgIpc) is 2.35. The van der Waals surface area contributed by atoms with E-state index in [1.807, 2.05) is 0 Å². The molecular weight excluding hydrogens is 158 g/mol. The summed E-state index contributed by atoms with van der Waals surface area (Å²) in [6, 6.07) is 0. The van der Waals surface area contributed by atoms with Crippen molar-refractivity contribution in [2.45, 2.75) is 13.5 Å². The fourth-order valence-corrected chi connectivity index (χ4v) is 0.838. The van der Waals surface area contributed by atoms with Crippen molar-refractivity contribution < 1.29 is 9.90 Å². The van der Waals surface area contributed by atoms with Crippen molar-refractivity contribution in [3.8, 4) is 0 Å². The minimum Gasteiger partial charge on any atom is -0.481 e. The monoisotopic (exact) mass is 169 g/mol. The number of hydrogen-bond donors (Lipinski definition) is 2. The molecule has 0 aliphatic heterocycles. The molecule has 5 nitrogen and oxygen atoms in total. The zero-order chi connectivity index (χ0) is 9.14. The number of nitrogen functional groups attached to an aromatic ring is 1. The maximum Gasteiger partial charge on any atom is 0.308 e. The lowest BCUT2D eigenvalue weighted by Crippen LogP contribution is -2.16. The van der Waals surface area contributed by atoms with E-state index in [9.17, 15) is 4.79 Å². The molecule has 1 rings (SSSR count). The highest BCUT2D eigenvalue weighted by molar-refractivity contribution is 5.69. The van der Waals surface area contributed by atoms with Gasteiger partial charge in [0.05, 0.1) is 24.3 Å². The molecule has 12 heavy (non-hydrogen) atoms. The Labute approximate surface area is 69.8 Å². The minimum absolute atomic E-state index is 0.354. The Bertz CT molecular complexity index is 282. The summed E-state index contributed by atoms with van der Waals surface area (Å²) in [7, 11) is 0. The van der Waals surface area contributed by atoms with E-state index in [1.54, 1.807) is 13.1 Å². The number of aromatic nitrogens is 2. The van der Waals surface area contributed by atoms with E-state index < -0.39 is 11.9 Å². The van der Waals surface area contributed by atoms with Gasteiger partial charge in [-0.3, -0.25) is 9.48 Å². The number of hydrogen-bond acceptors (Lipinski definition) is 3. The van der Waals surface area contributed by atoms with Crippen LogP contribution in [0.25, 0.3) is 0 Å². The Hall–Kier alpha value is -1.52. The third kappa shape index (κ3) is 1.98. The standard InChI is InChI=1S/C7H11N3O2/c1-5(7(11)12)3-10-4-6(8)2-9-10/h2,4-5H,3,8H2,1H3,(H,11,12). The number of carboxylic acids is 1. The molecule has 1 heterocycles. The highest BCUT2D eigenvalue weighted by Gasteiger charge is 2.11. The second-order valence-corrected chi connectivity index (χ2v) is 2.73. The molecule has 0 saturated heterocycles. The van der Waals surface area contributed by atoms with Gasteiger partial charge < -0.3 is 10.8 Å². The first-order valence-electron chi connectivity index (χ1n) is 3.60. The van der Waals surface area contributed by atoms with Crippen LogP contribution in [0.4, 0.5) is 5.69 Å². The summed E-state index contributed by atoms with van der Waals surface area (Å²) in [6.07, 6.45) is 3.11. The van der Waals surface area contributed by atoms with Crippen LogP contribution in [0.1, 0.15) is 6.92 Å². The topological polar surface area (TPSA) is 81.1 Å². The Morgan fingerprint density at radius 3 is 3.00 bits per heavy atom. The summed E-state index contributed by atoms with van der Waals surface area (Å²) in [6.45, 7) is 1.98. The predicted octanol–water partition coefficient (Wildman–Crippen LogP) is 0.186. The lowest BCUT2D eigenvalue weighted by Gasteiger charge is -2.04. The van der Waals surface area contributed by atoms with Crippen LogP contribution < -0.4 is 5.73 Å². The van der Waals surface area contributed by atoms with Crippen LogP contribution in [0, 0.1) is 5.92 Å². The molecule has 1 aromatic heterocycles. The Balaban J connectivity index is 2.58. The quantitative estimate of drug-likeness (QED) is 0.676. The van der Waals surface area contributed by atoms with E-state index in [-0.39, 0.29) is 0 Å². The predicted molar refractivity (Wildman–Crippen MR) is 43.4 cm³/mol. The first-order chi connectivity index (χ1) is 5.59. The molecule has 0 amide bonds. The zero-order valence-corrected chi connectivity index (χ0v) is 6.77. The van der Waals surface area contributed by atoms with Crippen LogP contribution in [0.2, 0.25) is 0 Å². The molecule has 1 unspecified atom stereocenters. The number of aliphatic carboxylic acids is 1. The van der Waals surface area contributed by atoms with Gasteiger partial charge >= 0.3 is 5.97 Å². The van der Waals surface area contributed by atoms with Crippen LogP contribution in [0.5, 0.6) is 0 Å². The highest BCUT2D eigenvalue weighted by atomic mass is 16.4. The van der Waals surface area contributed by atoms with Crippen molar-refractivity contribution in [2.24, 2.45) is 5.92 Å². The first-order valence-corrected chi connectivity index (χ1v) is 3.60. The Morgan fingerprint density at radius 2 is 2.58 bits per heavy atom. The van der Waals surface area contributed by atoms with Crippen molar-refractivity contribution in [1.29, 1.82) is 0 Å². The smallest absolute Gasteiger partial charge is 0.308 e. The van der Waals surface area contributed by atoms with Crippen molar-refractivity contribution in [1.82, 2.24) is 9.78 Å². The second-order valence-electron chi connectivity index (χ2n) is 2.73. The van der Waals surface area contributed by atoms with Crippen LogP contribution in [-0.2, 0) is 11.3 Å². The molecule has 1 atom stereocenters. The molecular formula is C7H11N3O2. The number of carboxylic acid groups (broad SMARTS) is 1. The largest absolute Gasteiger partial charge is 0.481 e. The highest BCUT2D eigenvalue weighted by Crippen LogP contribution is 2.03. The van der Waals surface area contributed by atoms with E-state index >= 15 is 0 Å². The van der Waals surface area contributed by atoms with Crippen LogP contribution in [0.15, 0.2) is 12.4 Å².